The molecule has 4 rings (SSSR count). The van der Waals surface area contributed by atoms with Gasteiger partial charge in [-0.2, -0.15) is 0 Å². The van der Waals surface area contributed by atoms with E-state index in [4.69, 9.17) is 0 Å². The molecule has 2 aromatic rings. The van der Waals surface area contributed by atoms with Crippen molar-refractivity contribution in [2.24, 2.45) is 11.1 Å². The van der Waals surface area contributed by atoms with Crippen molar-refractivity contribution in [1.29, 1.82) is 0 Å². The van der Waals surface area contributed by atoms with Crippen molar-refractivity contribution in [3.8, 4) is 11.1 Å². The molecule has 1 fully saturated rings. The largest absolute Gasteiger partial charge is 0.411 e. The van der Waals surface area contributed by atoms with Crippen LogP contribution in [0.3, 0.4) is 0 Å². The van der Waals surface area contributed by atoms with Gasteiger partial charge < -0.3 is 5.21 Å². The van der Waals surface area contributed by atoms with Gasteiger partial charge in [0.15, 0.2) is 0 Å². The molecule has 2 aromatic carbocycles. The average Bonchev–Trinajstić information content (AvgIpc) is 3.16. The molecule has 0 aliphatic heterocycles. The first kappa shape index (κ1) is 25.4. The number of fused-ring (bicyclic) bond motifs is 3. The molecule has 2 aliphatic rings. The van der Waals surface area contributed by atoms with Crippen LogP contribution < -0.4 is 0 Å². The minimum Gasteiger partial charge on any atom is -0.411 e. The summed E-state index contributed by atoms with van der Waals surface area (Å²) in [5.41, 5.74) is 6.34. The number of oxime groups is 1. The van der Waals surface area contributed by atoms with Crippen LogP contribution in [0.1, 0.15) is 114 Å². The third-order valence-corrected chi connectivity index (χ3v) is 8.44. The lowest BCUT2D eigenvalue weighted by Crippen LogP contribution is -2.26. The van der Waals surface area contributed by atoms with Crippen molar-refractivity contribution in [2.45, 2.75) is 103 Å². The molecule has 1 saturated carbocycles. The summed E-state index contributed by atoms with van der Waals surface area (Å²) in [5.74, 6) is 0.730. The second-order valence-corrected chi connectivity index (χ2v) is 10.6. The molecular formula is C30H40N2O3. The number of benzene rings is 2. The molecule has 0 heterocycles. The van der Waals surface area contributed by atoms with Crippen LogP contribution in [0.15, 0.2) is 41.6 Å². The Kier molecular flexibility index (Phi) is 8.25. The van der Waals surface area contributed by atoms with Crippen molar-refractivity contribution in [2.75, 3.05) is 0 Å². The van der Waals surface area contributed by atoms with E-state index < -0.39 is 0 Å². The Hall–Kier alpha value is -2.69. The van der Waals surface area contributed by atoms with Gasteiger partial charge in [-0.25, -0.2) is 0 Å². The van der Waals surface area contributed by atoms with Crippen LogP contribution in [0, 0.1) is 16.0 Å². The van der Waals surface area contributed by atoms with E-state index in [1.165, 1.54) is 43.2 Å². The number of hydrogen-bond acceptors (Lipinski definition) is 4. The molecular weight excluding hydrogens is 436 g/mol. The number of hydrogen-bond donors (Lipinski definition) is 1. The molecule has 1 N–H and O–H groups in total. The second kappa shape index (κ2) is 11.4. The Labute approximate surface area is 209 Å². The van der Waals surface area contributed by atoms with Gasteiger partial charge in [-0.3, -0.25) is 10.1 Å². The van der Waals surface area contributed by atoms with Crippen molar-refractivity contribution in [1.82, 2.24) is 0 Å². The van der Waals surface area contributed by atoms with Gasteiger partial charge in [0.2, 0.25) is 0 Å². The first-order chi connectivity index (χ1) is 17.0. The molecule has 0 unspecified atom stereocenters. The van der Waals surface area contributed by atoms with Gasteiger partial charge >= 0.3 is 0 Å². The lowest BCUT2D eigenvalue weighted by Gasteiger charge is -2.32. The van der Waals surface area contributed by atoms with E-state index in [-0.39, 0.29) is 16.0 Å². The van der Waals surface area contributed by atoms with Crippen LogP contribution in [0.25, 0.3) is 11.1 Å². The van der Waals surface area contributed by atoms with Gasteiger partial charge in [0.25, 0.3) is 5.69 Å². The Balaban J connectivity index is 1.75. The van der Waals surface area contributed by atoms with E-state index in [0.717, 1.165) is 79.7 Å². The number of rotatable bonds is 11. The minimum atomic E-state index is -0.277. The second-order valence-electron chi connectivity index (χ2n) is 10.6. The topological polar surface area (TPSA) is 75.7 Å². The molecule has 0 radical (unpaired) electrons. The summed E-state index contributed by atoms with van der Waals surface area (Å²) < 4.78 is 0. The van der Waals surface area contributed by atoms with Crippen LogP contribution in [0.4, 0.5) is 5.69 Å². The molecule has 0 bridgehead atoms. The molecule has 0 amide bonds. The van der Waals surface area contributed by atoms with Crippen LogP contribution in [-0.4, -0.2) is 15.8 Å². The molecule has 35 heavy (non-hydrogen) atoms. The Morgan fingerprint density at radius 2 is 1.63 bits per heavy atom. The summed E-state index contributed by atoms with van der Waals surface area (Å²) in [6, 6.07) is 11.9. The quantitative estimate of drug-likeness (QED) is 0.152. The first-order valence-corrected chi connectivity index (χ1v) is 13.7. The van der Waals surface area contributed by atoms with Crippen molar-refractivity contribution >= 4 is 11.4 Å². The SMILES string of the molecule is CCCCC1(CCCC)c2cc(/C(CCC3CCCCC3)=N/O)ccc2-c2ccc([N+](=O)[O-])cc21. The van der Waals surface area contributed by atoms with Gasteiger partial charge in [0, 0.05) is 17.5 Å². The normalized spacial score (nSPS) is 17.3. The maximum atomic E-state index is 11.7. The fourth-order valence-electron chi connectivity index (χ4n) is 6.47. The van der Waals surface area contributed by atoms with E-state index in [2.05, 4.69) is 37.2 Å². The Morgan fingerprint density at radius 3 is 2.23 bits per heavy atom. The molecule has 0 atom stereocenters. The maximum absolute atomic E-state index is 11.7. The fourth-order valence-corrected chi connectivity index (χ4v) is 6.47. The molecule has 5 nitrogen and oxygen atoms in total. The van der Waals surface area contributed by atoms with Gasteiger partial charge in [-0.05, 0) is 71.6 Å². The predicted molar refractivity (Wildman–Crippen MR) is 142 cm³/mol. The molecule has 188 valence electrons. The standard InChI is InChI=1S/C30H40N2O3/c1-3-5-18-30(19-6-4-2)27-20-23(29(31-33)17-12-22-10-8-7-9-11-22)13-15-25(27)26-16-14-24(32(34)35)21-28(26)30/h13-16,20-22,33H,3-12,17-19H2,1-2H3/b31-29+. The number of unbranched alkanes of at least 4 members (excludes halogenated alkanes) is 2. The summed E-state index contributed by atoms with van der Waals surface area (Å²) >= 11 is 0. The van der Waals surface area contributed by atoms with Crippen LogP contribution >= 0.6 is 0 Å². The highest BCUT2D eigenvalue weighted by atomic mass is 16.6. The molecule has 0 aromatic heterocycles. The summed E-state index contributed by atoms with van der Waals surface area (Å²) in [6.07, 6.45) is 14.7. The predicted octanol–water partition coefficient (Wildman–Crippen LogP) is 8.78. The lowest BCUT2D eigenvalue weighted by atomic mass is 9.70. The summed E-state index contributed by atoms with van der Waals surface area (Å²) in [4.78, 5) is 11.4. The third kappa shape index (κ3) is 5.14. The summed E-state index contributed by atoms with van der Waals surface area (Å²) in [5, 5.41) is 25.4. The third-order valence-electron chi connectivity index (χ3n) is 8.44. The monoisotopic (exact) mass is 476 g/mol. The Bertz CT molecular complexity index is 1060. The number of nitro benzene ring substituents is 1. The highest BCUT2D eigenvalue weighted by Gasteiger charge is 2.43. The van der Waals surface area contributed by atoms with E-state index in [1.54, 1.807) is 6.07 Å². The summed E-state index contributed by atoms with van der Waals surface area (Å²) in [7, 11) is 0. The zero-order valence-corrected chi connectivity index (χ0v) is 21.4. The summed E-state index contributed by atoms with van der Waals surface area (Å²) in [6.45, 7) is 4.41. The van der Waals surface area contributed by atoms with Gasteiger partial charge in [-0.15, -0.1) is 0 Å². The van der Waals surface area contributed by atoms with Crippen LogP contribution in [-0.2, 0) is 5.41 Å². The van der Waals surface area contributed by atoms with E-state index >= 15 is 0 Å². The first-order valence-electron chi connectivity index (χ1n) is 13.7. The maximum Gasteiger partial charge on any atom is 0.269 e. The van der Waals surface area contributed by atoms with Crippen molar-refractivity contribution in [3.05, 3.63) is 63.2 Å². The number of nitrogens with zero attached hydrogens (tertiary/aromatic N) is 2. The number of nitro groups is 1. The molecule has 0 saturated heterocycles. The lowest BCUT2D eigenvalue weighted by molar-refractivity contribution is -0.384. The van der Waals surface area contributed by atoms with Gasteiger partial charge in [0.1, 0.15) is 0 Å². The smallest absolute Gasteiger partial charge is 0.269 e. The van der Waals surface area contributed by atoms with E-state index in [9.17, 15) is 15.3 Å². The van der Waals surface area contributed by atoms with Gasteiger partial charge in [-0.1, -0.05) is 88.9 Å². The van der Waals surface area contributed by atoms with Crippen LogP contribution in [0.2, 0.25) is 0 Å². The average molecular weight is 477 g/mol. The van der Waals surface area contributed by atoms with Crippen molar-refractivity contribution in [3.63, 3.8) is 0 Å². The Morgan fingerprint density at radius 1 is 1.00 bits per heavy atom. The van der Waals surface area contributed by atoms with Gasteiger partial charge in [0.05, 0.1) is 10.6 Å². The zero-order chi connectivity index (χ0) is 24.8. The molecule has 5 heteroatoms. The van der Waals surface area contributed by atoms with Crippen LogP contribution in [0.5, 0.6) is 0 Å². The highest BCUT2D eigenvalue weighted by molar-refractivity contribution is 6.01. The zero-order valence-electron chi connectivity index (χ0n) is 21.4. The minimum absolute atomic E-state index is 0.166. The fraction of sp³-hybridized carbons (Fsp3) is 0.567. The highest BCUT2D eigenvalue weighted by Crippen LogP contribution is 2.55. The molecule has 0 spiro atoms. The number of non-ortho nitro benzene ring substituents is 1. The van der Waals surface area contributed by atoms with E-state index in [1.807, 2.05) is 12.1 Å². The van der Waals surface area contributed by atoms with Crippen molar-refractivity contribution < 1.29 is 10.1 Å². The molecule has 2 aliphatic carbocycles. The van der Waals surface area contributed by atoms with E-state index in [0.29, 0.717) is 0 Å².